The number of aliphatic carboxylic acids is 1. The highest BCUT2D eigenvalue weighted by Gasteiger charge is 2.14. The average molecular weight is 326 g/mol. The van der Waals surface area contributed by atoms with E-state index in [1.54, 1.807) is 6.08 Å². The van der Waals surface area contributed by atoms with E-state index >= 15 is 0 Å². The second-order valence-corrected chi connectivity index (χ2v) is 5.83. The number of carbonyl (C=O) groups is 1. The van der Waals surface area contributed by atoms with Gasteiger partial charge < -0.3 is 10.0 Å². The molecule has 0 radical (unpaired) electrons. The molecule has 104 valence electrons. The van der Waals surface area contributed by atoms with E-state index in [1.165, 1.54) is 0 Å². The molecular weight excluding hydrogens is 306 g/mol. The van der Waals surface area contributed by atoms with Gasteiger partial charge in [0.1, 0.15) is 0 Å². The Morgan fingerprint density at radius 1 is 1.37 bits per heavy atom. The molecule has 0 saturated carbocycles. The van der Waals surface area contributed by atoms with Gasteiger partial charge in [-0.05, 0) is 36.6 Å². The van der Waals surface area contributed by atoms with Crippen molar-refractivity contribution < 1.29 is 9.90 Å². The van der Waals surface area contributed by atoms with Gasteiger partial charge in [0.2, 0.25) is 0 Å². The second-order valence-electron chi connectivity index (χ2n) is 4.97. The van der Waals surface area contributed by atoms with Crippen LogP contribution in [0, 0.1) is 5.92 Å². The Kier molecular flexibility index (Phi) is 5.60. The molecule has 0 bridgehead atoms. The number of hydrogen-bond acceptors (Lipinski definition) is 2. The summed E-state index contributed by atoms with van der Waals surface area (Å²) in [6, 6.07) is 6.38. The minimum Gasteiger partial charge on any atom is -0.478 e. The predicted molar refractivity (Wildman–Crippen MR) is 83.5 cm³/mol. The zero-order valence-electron chi connectivity index (χ0n) is 11.7. The maximum Gasteiger partial charge on any atom is 0.328 e. The first kappa shape index (κ1) is 15.8. The van der Waals surface area contributed by atoms with Crippen LogP contribution in [0.4, 0.5) is 5.69 Å². The monoisotopic (exact) mass is 325 g/mol. The molecule has 1 N–H and O–H groups in total. The summed E-state index contributed by atoms with van der Waals surface area (Å²) in [5.41, 5.74) is 1.97. The van der Waals surface area contributed by atoms with E-state index in [0.29, 0.717) is 12.0 Å². The van der Waals surface area contributed by atoms with E-state index in [-0.39, 0.29) is 0 Å². The van der Waals surface area contributed by atoms with Gasteiger partial charge in [-0.1, -0.05) is 35.8 Å². The van der Waals surface area contributed by atoms with Gasteiger partial charge in [0.05, 0.1) is 0 Å². The first-order chi connectivity index (χ1) is 8.82. The van der Waals surface area contributed by atoms with Crippen molar-refractivity contribution in [2.45, 2.75) is 26.8 Å². The van der Waals surface area contributed by atoms with Gasteiger partial charge in [-0.25, -0.2) is 4.79 Å². The molecule has 3 nitrogen and oxygen atoms in total. The van der Waals surface area contributed by atoms with Crippen LogP contribution in [-0.4, -0.2) is 24.2 Å². The SMILES string of the molecule is CC(C)C(C)N(C)c1ccc(/C=C/C(=O)O)c(Br)c1. The molecule has 0 aromatic heterocycles. The molecule has 1 aromatic carbocycles. The molecule has 1 rings (SSSR count). The summed E-state index contributed by atoms with van der Waals surface area (Å²) in [5.74, 6) is -0.378. The fourth-order valence-electron chi connectivity index (χ4n) is 1.71. The molecule has 1 aromatic rings. The molecule has 0 heterocycles. The van der Waals surface area contributed by atoms with E-state index in [4.69, 9.17) is 5.11 Å². The Morgan fingerprint density at radius 2 is 2.00 bits per heavy atom. The topological polar surface area (TPSA) is 40.5 Å². The maximum absolute atomic E-state index is 10.5. The summed E-state index contributed by atoms with van der Waals surface area (Å²) in [4.78, 5) is 12.7. The number of anilines is 1. The third-order valence-electron chi connectivity index (χ3n) is 3.37. The third kappa shape index (κ3) is 4.39. The lowest BCUT2D eigenvalue weighted by Gasteiger charge is -2.30. The number of rotatable bonds is 5. The number of hydrogen-bond donors (Lipinski definition) is 1. The van der Waals surface area contributed by atoms with Gasteiger partial charge in [-0.2, -0.15) is 0 Å². The standard InChI is InChI=1S/C15H20BrNO2/c1-10(2)11(3)17(4)13-7-5-12(14(16)9-13)6-8-15(18)19/h5-11H,1-4H3,(H,18,19)/b8-6+. The van der Waals surface area contributed by atoms with Crippen molar-refractivity contribution in [3.63, 3.8) is 0 Å². The molecule has 0 fully saturated rings. The molecule has 0 spiro atoms. The van der Waals surface area contributed by atoms with Gasteiger partial charge >= 0.3 is 5.97 Å². The molecule has 1 unspecified atom stereocenters. The largest absolute Gasteiger partial charge is 0.478 e. The Hall–Kier alpha value is -1.29. The zero-order valence-corrected chi connectivity index (χ0v) is 13.3. The van der Waals surface area contributed by atoms with E-state index in [9.17, 15) is 4.79 Å². The van der Waals surface area contributed by atoms with Crippen molar-refractivity contribution in [1.82, 2.24) is 0 Å². The first-order valence-corrected chi connectivity index (χ1v) is 7.05. The van der Waals surface area contributed by atoms with E-state index in [2.05, 4.69) is 48.6 Å². The number of carboxylic acids is 1. The summed E-state index contributed by atoms with van der Waals surface area (Å²) >= 11 is 3.48. The molecule has 19 heavy (non-hydrogen) atoms. The summed E-state index contributed by atoms with van der Waals surface area (Å²) in [6.45, 7) is 6.58. The summed E-state index contributed by atoms with van der Waals surface area (Å²) in [7, 11) is 2.07. The van der Waals surface area contributed by atoms with E-state index < -0.39 is 5.97 Å². The lowest BCUT2D eigenvalue weighted by atomic mass is 10.0. The van der Waals surface area contributed by atoms with Gasteiger partial charge in [0.15, 0.2) is 0 Å². The Balaban J connectivity index is 2.96. The lowest BCUT2D eigenvalue weighted by Crippen LogP contribution is -2.33. The zero-order chi connectivity index (χ0) is 14.6. The number of nitrogens with zero attached hydrogens (tertiary/aromatic N) is 1. The fraction of sp³-hybridized carbons (Fsp3) is 0.400. The minimum absolute atomic E-state index is 0.437. The van der Waals surface area contributed by atoms with Crippen LogP contribution in [0.3, 0.4) is 0 Å². The van der Waals surface area contributed by atoms with Crippen molar-refractivity contribution in [1.29, 1.82) is 0 Å². The number of carboxylic acid groups (broad SMARTS) is 1. The smallest absolute Gasteiger partial charge is 0.328 e. The molecular formula is C15H20BrNO2. The molecule has 1 atom stereocenters. The molecule has 4 heteroatoms. The minimum atomic E-state index is -0.943. The van der Waals surface area contributed by atoms with Crippen LogP contribution in [0.15, 0.2) is 28.7 Å². The highest BCUT2D eigenvalue weighted by molar-refractivity contribution is 9.10. The molecule has 0 aliphatic rings. The van der Waals surface area contributed by atoms with Crippen molar-refractivity contribution in [2.24, 2.45) is 5.92 Å². The van der Waals surface area contributed by atoms with Gasteiger partial charge in [-0.3, -0.25) is 0 Å². The Labute approximate surface area is 123 Å². The highest BCUT2D eigenvalue weighted by atomic mass is 79.9. The Bertz CT molecular complexity index is 483. The average Bonchev–Trinajstić information content (AvgIpc) is 2.35. The van der Waals surface area contributed by atoms with Crippen LogP contribution in [0.25, 0.3) is 6.08 Å². The fourth-order valence-corrected chi connectivity index (χ4v) is 2.21. The number of benzene rings is 1. The summed E-state index contributed by atoms with van der Waals surface area (Å²) in [6.07, 6.45) is 2.72. The van der Waals surface area contributed by atoms with Gasteiger partial charge in [0.25, 0.3) is 0 Å². The van der Waals surface area contributed by atoms with E-state index in [1.807, 2.05) is 18.2 Å². The Morgan fingerprint density at radius 3 is 2.47 bits per heavy atom. The highest BCUT2D eigenvalue weighted by Crippen LogP contribution is 2.26. The molecule has 0 amide bonds. The molecule has 0 saturated heterocycles. The van der Waals surface area contributed by atoms with Crippen molar-refractivity contribution >= 4 is 33.7 Å². The molecule has 0 aliphatic heterocycles. The molecule has 0 aliphatic carbocycles. The van der Waals surface area contributed by atoms with Gasteiger partial charge in [-0.15, -0.1) is 0 Å². The van der Waals surface area contributed by atoms with Crippen LogP contribution in [0.1, 0.15) is 26.3 Å². The maximum atomic E-state index is 10.5. The van der Waals surface area contributed by atoms with Crippen LogP contribution < -0.4 is 4.90 Å². The van der Waals surface area contributed by atoms with Crippen LogP contribution in [0.2, 0.25) is 0 Å². The lowest BCUT2D eigenvalue weighted by molar-refractivity contribution is -0.131. The van der Waals surface area contributed by atoms with Crippen molar-refractivity contribution in [2.75, 3.05) is 11.9 Å². The third-order valence-corrected chi connectivity index (χ3v) is 4.06. The predicted octanol–water partition coefficient (Wildman–Crippen LogP) is 4.03. The quantitative estimate of drug-likeness (QED) is 0.831. The summed E-state index contributed by atoms with van der Waals surface area (Å²) < 4.78 is 0.894. The summed E-state index contributed by atoms with van der Waals surface area (Å²) in [5, 5.41) is 8.63. The van der Waals surface area contributed by atoms with E-state index in [0.717, 1.165) is 21.8 Å². The van der Waals surface area contributed by atoms with Crippen molar-refractivity contribution in [3.05, 3.63) is 34.3 Å². The van der Waals surface area contributed by atoms with Crippen LogP contribution in [-0.2, 0) is 4.79 Å². The van der Waals surface area contributed by atoms with Gasteiger partial charge in [0, 0.05) is 29.3 Å². The first-order valence-electron chi connectivity index (χ1n) is 6.26. The normalized spacial score (nSPS) is 12.9. The van der Waals surface area contributed by atoms with Crippen LogP contribution in [0.5, 0.6) is 0 Å². The van der Waals surface area contributed by atoms with Crippen LogP contribution >= 0.6 is 15.9 Å². The number of halogens is 1. The van der Waals surface area contributed by atoms with Crippen molar-refractivity contribution in [3.8, 4) is 0 Å². The second kappa shape index (κ2) is 6.75.